The van der Waals surface area contributed by atoms with Crippen LogP contribution in [0.4, 0.5) is 0 Å². The van der Waals surface area contributed by atoms with Gasteiger partial charge in [0, 0.05) is 22.0 Å². The first-order valence-electron chi connectivity index (χ1n) is 17.1. The Kier molecular flexibility index (Phi) is 4.36. The first kappa shape index (κ1) is 23.2. The van der Waals surface area contributed by atoms with Crippen molar-refractivity contribution in [1.82, 2.24) is 0 Å². The molecule has 12 fully saturated rings. The van der Waals surface area contributed by atoms with E-state index in [4.69, 9.17) is 0 Å². The van der Waals surface area contributed by atoms with E-state index in [1.807, 2.05) is 0 Å². The summed E-state index contributed by atoms with van der Waals surface area (Å²) in [5.41, 5.74) is 3.99. The highest BCUT2D eigenvalue weighted by molar-refractivity contribution is 5.69. The van der Waals surface area contributed by atoms with Gasteiger partial charge in [0.2, 0.25) is 5.75 Å². The van der Waals surface area contributed by atoms with Crippen LogP contribution in [0.1, 0.15) is 132 Å². The highest BCUT2D eigenvalue weighted by Crippen LogP contribution is 2.72. The molecule has 13 rings (SSSR count). The summed E-state index contributed by atoms with van der Waals surface area (Å²) >= 11 is 0. The second kappa shape index (κ2) is 7.33. The molecule has 0 spiro atoms. The first-order valence-corrected chi connectivity index (χ1v) is 17.1. The maximum absolute atomic E-state index is 12.1. The molecule has 3 nitrogen and oxygen atoms in total. The van der Waals surface area contributed by atoms with Crippen LogP contribution in [0, 0.1) is 53.3 Å². The van der Waals surface area contributed by atoms with E-state index in [0.717, 1.165) is 53.3 Å². The van der Waals surface area contributed by atoms with Crippen molar-refractivity contribution >= 4 is 0 Å². The summed E-state index contributed by atoms with van der Waals surface area (Å²) in [5, 5.41) is 35.9. The lowest BCUT2D eigenvalue weighted by atomic mass is 9.41. The fraction of sp³-hybridized carbons (Fsp3) is 0.833. The van der Waals surface area contributed by atoms with Crippen LogP contribution in [0.3, 0.4) is 0 Å². The monoisotopic (exact) mass is 528 g/mol. The van der Waals surface area contributed by atoms with Crippen molar-refractivity contribution in [1.29, 1.82) is 0 Å². The highest BCUT2D eigenvalue weighted by Gasteiger charge is 2.62. The van der Waals surface area contributed by atoms with Crippen LogP contribution in [0.15, 0.2) is 0 Å². The van der Waals surface area contributed by atoms with E-state index in [9.17, 15) is 15.3 Å². The lowest BCUT2D eigenvalue weighted by Crippen LogP contribution is -2.55. The van der Waals surface area contributed by atoms with E-state index in [0.29, 0.717) is 0 Å². The SMILES string of the molecule is Oc1c(O)c(C23CC4CC(CC(C4)C2)C3)c(C23CC4CC(CC(C4)C2)C3)c(C23CC4CC(CC(C4)C2)C3)c1O. The van der Waals surface area contributed by atoms with Crippen LogP contribution in [-0.2, 0) is 16.2 Å². The zero-order chi connectivity index (χ0) is 25.9. The molecule has 12 bridgehead atoms. The maximum atomic E-state index is 12.1. The molecule has 210 valence electrons. The Bertz CT molecular complexity index is 1080. The third-order valence-electron chi connectivity index (χ3n) is 15.1. The lowest BCUT2D eigenvalue weighted by molar-refractivity contribution is -0.0257. The van der Waals surface area contributed by atoms with E-state index < -0.39 is 0 Å². The standard InChI is InChI=1S/C36H48O3/c37-31-29(35-13-22-4-23(14-35)6-24(5-22)15-35)28(34-10-19-1-20(11-34)3-21(2-19)12-34)30(32(38)33(31)39)36-16-25-7-26(17-36)9-27(8-25)18-36/h19-27,37-39H,1-18H2. The third-order valence-corrected chi connectivity index (χ3v) is 15.1. The van der Waals surface area contributed by atoms with E-state index >= 15 is 0 Å². The number of hydrogen-bond donors (Lipinski definition) is 3. The fourth-order valence-corrected chi connectivity index (χ4v) is 15.5. The number of phenols is 3. The number of aromatic hydroxyl groups is 3. The van der Waals surface area contributed by atoms with E-state index in [2.05, 4.69) is 0 Å². The summed E-state index contributed by atoms with van der Waals surface area (Å²) in [6, 6.07) is 0. The molecule has 0 aliphatic heterocycles. The third kappa shape index (κ3) is 2.97. The lowest BCUT2D eigenvalue weighted by Gasteiger charge is -2.63. The molecule has 12 saturated carbocycles. The summed E-state index contributed by atoms with van der Waals surface area (Å²) in [5.74, 6) is 7.27. The van der Waals surface area contributed by atoms with Crippen LogP contribution >= 0.6 is 0 Å². The van der Waals surface area contributed by atoms with Crippen molar-refractivity contribution in [3.8, 4) is 17.2 Å². The van der Waals surface area contributed by atoms with Gasteiger partial charge in [0.1, 0.15) is 0 Å². The van der Waals surface area contributed by atoms with Gasteiger partial charge in [-0.05, 0) is 180 Å². The van der Waals surface area contributed by atoms with Gasteiger partial charge in [-0.3, -0.25) is 0 Å². The van der Waals surface area contributed by atoms with Crippen LogP contribution < -0.4 is 0 Å². The molecule has 0 amide bonds. The van der Waals surface area contributed by atoms with Gasteiger partial charge in [-0.25, -0.2) is 0 Å². The summed E-state index contributed by atoms with van der Waals surface area (Å²) in [7, 11) is 0. The number of hydrogen-bond acceptors (Lipinski definition) is 3. The maximum Gasteiger partial charge on any atom is 0.200 e. The molecular formula is C36H48O3. The number of phenolic OH excluding ortho intramolecular Hbond substituents is 3. The number of rotatable bonds is 3. The van der Waals surface area contributed by atoms with Crippen LogP contribution in [0.25, 0.3) is 0 Å². The molecule has 1 aromatic rings. The Balaban J connectivity index is 1.26. The molecule has 0 atom stereocenters. The molecule has 39 heavy (non-hydrogen) atoms. The highest BCUT2D eigenvalue weighted by atomic mass is 16.3. The molecule has 3 N–H and O–H groups in total. The predicted molar refractivity (Wildman–Crippen MR) is 151 cm³/mol. The van der Waals surface area contributed by atoms with Gasteiger partial charge in [-0.15, -0.1) is 0 Å². The van der Waals surface area contributed by atoms with E-state index in [1.54, 1.807) is 0 Å². The second-order valence-corrected chi connectivity index (χ2v) is 17.8. The topological polar surface area (TPSA) is 60.7 Å². The Hall–Kier alpha value is -1.38. The Morgan fingerprint density at radius 2 is 0.513 bits per heavy atom. The molecule has 0 unspecified atom stereocenters. The Labute approximate surface area is 234 Å². The molecule has 1 aromatic carbocycles. The van der Waals surface area contributed by atoms with Crippen molar-refractivity contribution < 1.29 is 15.3 Å². The smallest absolute Gasteiger partial charge is 0.200 e. The Morgan fingerprint density at radius 1 is 0.308 bits per heavy atom. The predicted octanol–water partition coefficient (Wildman–Crippen LogP) is 8.21. The summed E-state index contributed by atoms with van der Waals surface area (Å²) in [6.07, 6.45) is 23.6. The molecule has 0 aromatic heterocycles. The zero-order valence-corrected chi connectivity index (χ0v) is 23.8. The van der Waals surface area contributed by atoms with Crippen molar-refractivity contribution in [3.63, 3.8) is 0 Å². The average Bonchev–Trinajstić information content (AvgIpc) is 2.84. The molecule has 0 radical (unpaired) electrons. The molecule has 12 aliphatic rings. The normalized spacial score (nSPS) is 53.7. The average molecular weight is 529 g/mol. The van der Waals surface area contributed by atoms with E-state index in [-0.39, 0.29) is 33.5 Å². The first-order chi connectivity index (χ1) is 18.8. The largest absolute Gasteiger partial charge is 0.504 e. The van der Waals surface area contributed by atoms with Crippen LogP contribution in [0.2, 0.25) is 0 Å². The number of benzene rings is 1. The van der Waals surface area contributed by atoms with Crippen molar-refractivity contribution in [2.75, 3.05) is 0 Å². The Morgan fingerprint density at radius 3 is 0.744 bits per heavy atom. The minimum Gasteiger partial charge on any atom is -0.504 e. The van der Waals surface area contributed by atoms with Gasteiger partial charge in [-0.1, -0.05) is 0 Å². The second-order valence-electron chi connectivity index (χ2n) is 17.8. The van der Waals surface area contributed by atoms with Gasteiger partial charge in [0.05, 0.1) is 0 Å². The minimum absolute atomic E-state index is 0.0136. The zero-order valence-electron chi connectivity index (χ0n) is 23.8. The molecular weight excluding hydrogens is 480 g/mol. The molecule has 3 heteroatoms. The van der Waals surface area contributed by atoms with Gasteiger partial charge < -0.3 is 15.3 Å². The van der Waals surface area contributed by atoms with Crippen molar-refractivity contribution in [3.05, 3.63) is 16.7 Å². The van der Waals surface area contributed by atoms with Crippen molar-refractivity contribution in [2.45, 2.75) is 132 Å². The van der Waals surface area contributed by atoms with E-state index in [1.165, 1.54) is 132 Å². The quantitative estimate of drug-likeness (QED) is 0.347. The molecule has 0 saturated heterocycles. The van der Waals surface area contributed by atoms with Gasteiger partial charge >= 0.3 is 0 Å². The van der Waals surface area contributed by atoms with Crippen LogP contribution in [-0.4, -0.2) is 15.3 Å². The summed E-state index contributed by atoms with van der Waals surface area (Å²) in [6.45, 7) is 0. The molecule has 12 aliphatic carbocycles. The van der Waals surface area contributed by atoms with Gasteiger partial charge in [0.25, 0.3) is 0 Å². The van der Waals surface area contributed by atoms with Crippen molar-refractivity contribution in [2.24, 2.45) is 53.3 Å². The van der Waals surface area contributed by atoms with Crippen LogP contribution in [0.5, 0.6) is 17.2 Å². The summed E-state index contributed by atoms with van der Waals surface area (Å²) < 4.78 is 0. The van der Waals surface area contributed by atoms with Gasteiger partial charge in [-0.2, -0.15) is 0 Å². The summed E-state index contributed by atoms with van der Waals surface area (Å²) in [4.78, 5) is 0. The van der Waals surface area contributed by atoms with Gasteiger partial charge in [0.15, 0.2) is 11.5 Å². The minimum atomic E-state index is -0.153. The fourth-order valence-electron chi connectivity index (χ4n) is 15.5. The molecule has 0 heterocycles.